The number of hydrogen-bond acceptors (Lipinski definition) is 3. The summed E-state index contributed by atoms with van der Waals surface area (Å²) in [5.41, 5.74) is 5.00. The fourth-order valence-corrected chi connectivity index (χ4v) is 3.86. The van der Waals surface area contributed by atoms with Crippen LogP contribution in [0.1, 0.15) is 33.6 Å². The van der Waals surface area contributed by atoms with Crippen molar-refractivity contribution in [1.29, 1.82) is 0 Å². The highest BCUT2D eigenvalue weighted by atomic mass is 16.1. The van der Waals surface area contributed by atoms with Gasteiger partial charge in [0.2, 0.25) is 5.91 Å². The Morgan fingerprint density at radius 2 is 2.12 bits per heavy atom. The largest absolute Gasteiger partial charge is 0.369 e. The van der Waals surface area contributed by atoms with E-state index in [1.807, 2.05) is 0 Å². The van der Waals surface area contributed by atoms with Crippen LogP contribution in [0.25, 0.3) is 0 Å². The zero-order valence-corrected chi connectivity index (χ0v) is 10.9. The lowest BCUT2D eigenvalue weighted by molar-refractivity contribution is -0.131. The lowest BCUT2D eigenvalue weighted by Gasteiger charge is -2.32. The van der Waals surface area contributed by atoms with Gasteiger partial charge in [0.05, 0.1) is 6.54 Å². The minimum absolute atomic E-state index is 0.0584. The third-order valence-corrected chi connectivity index (χ3v) is 5.33. The van der Waals surface area contributed by atoms with E-state index in [1.165, 1.54) is 0 Å². The molecule has 17 heavy (non-hydrogen) atoms. The number of Topliss-reactive ketones (excluding diaryl/α,β-unsaturated/α-hetero) is 1. The van der Waals surface area contributed by atoms with Crippen molar-refractivity contribution in [2.75, 3.05) is 13.1 Å². The molecule has 2 fully saturated rings. The van der Waals surface area contributed by atoms with Crippen molar-refractivity contribution in [3.05, 3.63) is 0 Å². The molecule has 0 aliphatic heterocycles. The molecule has 3 N–H and O–H groups in total. The Labute approximate surface area is 102 Å². The number of nitrogens with two attached hydrogens (primary N) is 1. The quantitative estimate of drug-likeness (QED) is 0.757. The Morgan fingerprint density at radius 3 is 2.59 bits per heavy atom. The molecular formula is C13H22N2O2. The second-order valence-electron chi connectivity index (χ2n) is 6.27. The van der Waals surface area contributed by atoms with Gasteiger partial charge in [-0.25, -0.2) is 0 Å². The Morgan fingerprint density at radius 1 is 1.47 bits per heavy atom. The van der Waals surface area contributed by atoms with Crippen LogP contribution < -0.4 is 11.1 Å². The molecule has 2 saturated carbocycles. The molecule has 2 rings (SSSR count). The predicted octanol–water partition coefficient (Wildman–Crippen LogP) is 0.703. The number of rotatable bonds is 4. The highest BCUT2D eigenvalue weighted by molar-refractivity contribution is 5.91. The number of ketones is 1. The second kappa shape index (κ2) is 3.80. The average Bonchev–Trinajstić information content (AvgIpc) is 2.52. The van der Waals surface area contributed by atoms with Crippen LogP contribution in [0, 0.1) is 22.7 Å². The molecule has 1 amide bonds. The van der Waals surface area contributed by atoms with Crippen molar-refractivity contribution in [3.8, 4) is 0 Å². The summed E-state index contributed by atoms with van der Waals surface area (Å²) < 4.78 is 0. The van der Waals surface area contributed by atoms with Crippen LogP contribution in [-0.2, 0) is 9.59 Å². The van der Waals surface area contributed by atoms with Crippen LogP contribution in [0.2, 0.25) is 0 Å². The van der Waals surface area contributed by atoms with Gasteiger partial charge in [0.25, 0.3) is 0 Å². The molecule has 0 heterocycles. The van der Waals surface area contributed by atoms with Crippen molar-refractivity contribution < 1.29 is 9.59 Å². The topological polar surface area (TPSA) is 72.2 Å². The van der Waals surface area contributed by atoms with Crippen molar-refractivity contribution in [3.63, 3.8) is 0 Å². The van der Waals surface area contributed by atoms with Gasteiger partial charge in [-0.2, -0.15) is 0 Å². The zero-order chi connectivity index (χ0) is 12.8. The van der Waals surface area contributed by atoms with Crippen molar-refractivity contribution in [2.24, 2.45) is 28.4 Å². The van der Waals surface area contributed by atoms with Crippen LogP contribution >= 0.6 is 0 Å². The van der Waals surface area contributed by atoms with Crippen LogP contribution in [0.15, 0.2) is 0 Å². The van der Waals surface area contributed by atoms with Crippen LogP contribution in [0.3, 0.4) is 0 Å². The van der Waals surface area contributed by atoms with Gasteiger partial charge in [0, 0.05) is 17.9 Å². The molecule has 3 unspecified atom stereocenters. The third-order valence-electron chi connectivity index (χ3n) is 5.33. The number of amides is 1. The fourth-order valence-electron chi connectivity index (χ4n) is 3.86. The molecule has 2 aliphatic carbocycles. The summed E-state index contributed by atoms with van der Waals surface area (Å²) in [5.74, 6) is 0.505. The van der Waals surface area contributed by atoms with Gasteiger partial charge >= 0.3 is 0 Å². The maximum atomic E-state index is 12.4. The minimum atomic E-state index is -0.369. The molecule has 0 aromatic rings. The summed E-state index contributed by atoms with van der Waals surface area (Å²) in [7, 11) is 0. The first-order chi connectivity index (χ1) is 7.80. The number of nitrogens with one attached hydrogen (secondary N) is 1. The summed E-state index contributed by atoms with van der Waals surface area (Å²) in [4.78, 5) is 23.1. The normalized spacial score (nSPS) is 38.6. The van der Waals surface area contributed by atoms with Crippen molar-refractivity contribution >= 4 is 11.7 Å². The zero-order valence-electron chi connectivity index (χ0n) is 10.9. The summed E-state index contributed by atoms with van der Waals surface area (Å²) >= 11 is 0. The van der Waals surface area contributed by atoms with Crippen LogP contribution in [-0.4, -0.2) is 24.8 Å². The smallest absolute Gasteiger partial charge is 0.231 e. The maximum absolute atomic E-state index is 12.4. The number of carbonyl (C=O) groups excluding carboxylic acids is 2. The van der Waals surface area contributed by atoms with Gasteiger partial charge in [-0.05, 0) is 24.2 Å². The van der Waals surface area contributed by atoms with E-state index in [9.17, 15) is 9.59 Å². The first kappa shape index (κ1) is 12.6. The molecule has 0 radical (unpaired) electrons. The van der Waals surface area contributed by atoms with E-state index in [2.05, 4.69) is 26.1 Å². The molecule has 0 aromatic heterocycles. The maximum Gasteiger partial charge on any atom is 0.231 e. The lowest BCUT2D eigenvalue weighted by atomic mass is 9.70. The monoisotopic (exact) mass is 238 g/mol. The van der Waals surface area contributed by atoms with Crippen LogP contribution in [0.5, 0.6) is 0 Å². The molecule has 0 spiro atoms. The molecule has 96 valence electrons. The average molecular weight is 238 g/mol. The van der Waals surface area contributed by atoms with E-state index in [0.29, 0.717) is 18.2 Å². The van der Waals surface area contributed by atoms with Gasteiger partial charge in [-0.3, -0.25) is 9.59 Å². The van der Waals surface area contributed by atoms with E-state index < -0.39 is 0 Å². The Bertz CT molecular complexity index is 364. The van der Waals surface area contributed by atoms with Crippen molar-refractivity contribution in [2.45, 2.75) is 33.6 Å². The van der Waals surface area contributed by atoms with E-state index in [1.54, 1.807) is 0 Å². The Hall–Kier alpha value is -0.900. The van der Waals surface area contributed by atoms with Gasteiger partial charge in [0.1, 0.15) is 5.78 Å². The molecule has 4 nitrogen and oxygen atoms in total. The van der Waals surface area contributed by atoms with E-state index in [4.69, 9.17) is 5.73 Å². The molecule has 2 bridgehead atoms. The van der Waals surface area contributed by atoms with Crippen LogP contribution in [0.4, 0.5) is 0 Å². The molecule has 3 atom stereocenters. The van der Waals surface area contributed by atoms with Crippen molar-refractivity contribution in [1.82, 2.24) is 5.32 Å². The lowest BCUT2D eigenvalue weighted by Crippen LogP contribution is -2.39. The summed E-state index contributed by atoms with van der Waals surface area (Å²) in [6, 6.07) is 0. The standard InChI is InChI=1S/C13H22N2O2/c1-12(2)9-4-5-13(12,3)11(17)8(9)6-15-7-10(14)16/h8-9,15H,4-7H2,1-3H3,(H2,14,16). The first-order valence-corrected chi connectivity index (χ1v) is 6.34. The molecule has 0 saturated heterocycles. The van der Waals surface area contributed by atoms with E-state index in [-0.39, 0.29) is 29.2 Å². The van der Waals surface area contributed by atoms with Gasteiger partial charge < -0.3 is 11.1 Å². The molecule has 2 aliphatic rings. The van der Waals surface area contributed by atoms with E-state index >= 15 is 0 Å². The predicted molar refractivity (Wildman–Crippen MR) is 65.2 cm³/mol. The minimum Gasteiger partial charge on any atom is -0.369 e. The first-order valence-electron chi connectivity index (χ1n) is 6.34. The summed E-state index contributed by atoms with van der Waals surface area (Å²) in [5, 5.41) is 3.00. The van der Waals surface area contributed by atoms with Gasteiger partial charge in [0.15, 0.2) is 0 Å². The summed E-state index contributed by atoms with van der Waals surface area (Å²) in [6.45, 7) is 7.26. The molecular weight excluding hydrogens is 216 g/mol. The van der Waals surface area contributed by atoms with E-state index in [0.717, 1.165) is 12.8 Å². The Balaban J connectivity index is 2.07. The Kier molecular flexibility index (Phi) is 2.81. The second-order valence-corrected chi connectivity index (χ2v) is 6.27. The van der Waals surface area contributed by atoms with Gasteiger partial charge in [-0.1, -0.05) is 20.8 Å². The molecule has 4 heteroatoms. The fraction of sp³-hybridized carbons (Fsp3) is 0.846. The number of fused-ring (bicyclic) bond motifs is 2. The number of carbonyl (C=O) groups is 2. The number of hydrogen-bond donors (Lipinski definition) is 2. The van der Waals surface area contributed by atoms with Gasteiger partial charge in [-0.15, -0.1) is 0 Å². The number of primary amides is 1. The highest BCUT2D eigenvalue weighted by Gasteiger charge is 2.65. The summed E-state index contributed by atoms with van der Waals surface area (Å²) in [6.07, 6.45) is 2.13. The highest BCUT2D eigenvalue weighted by Crippen LogP contribution is 2.65. The third kappa shape index (κ3) is 1.61. The molecule has 0 aromatic carbocycles. The SMILES string of the molecule is CC12CCC(C(CNCC(N)=O)C1=O)C2(C)C.